The second-order valence-corrected chi connectivity index (χ2v) is 6.42. The molecule has 0 aliphatic carbocycles. The maximum atomic E-state index is 3.50. The molecule has 0 aliphatic heterocycles. The Morgan fingerprint density at radius 3 is 2.32 bits per heavy atom. The Hall–Kier alpha value is -1.76. The Bertz CT molecular complexity index is 723. The number of para-hydroxylation sites is 1. The molecule has 0 radical (unpaired) electrons. The van der Waals surface area contributed by atoms with Crippen LogP contribution in [-0.2, 0) is 6.42 Å². The van der Waals surface area contributed by atoms with Gasteiger partial charge in [0.1, 0.15) is 0 Å². The fourth-order valence-electron chi connectivity index (χ4n) is 3.34. The van der Waals surface area contributed by atoms with Gasteiger partial charge in [-0.2, -0.15) is 0 Å². The zero-order valence-corrected chi connectivity index (χ0v) is 13.7. The van der Waals surface area contributed by atoms with Gasteiger partial charge in [0.05, 0.1) is 0 Å². The molecule has 0 spiro atoms. The van der Waals surface area contributed by atoms with Crippen molar-refractivity contribution < 1.29 is 0 Å². The summed E-state index contributed by atoms with van der Waals surface area (Å²) in [6, 6.07) is 15.5. The van der Waals surface area contributed by atoms with Crippen LogP contribution >= 0.6 is 0 Å². The van der Waals surface area contributed by atoms with E-state index in [0.29, 0.717) is 0 Å². The third-order valence-corrected chi connectivity index (χ3v) is 4.64. The van der Waals surface area contributed by atoms with Gasteiger partial charge in [0, 0.05) is 21.8 Å². The van der Waals surface area contributed by atoms with E-state index in [1.54, 1.807) is 0 Å². The molecule has 22 heavy (non-hydrogen) atoms. The molecule has 0 fully saturated rings. The summed E-state index contributed by atoms with van der Waals surface area (Å²) in [5, 5.41) is 2.72. The van der Waals surface area contributed by atoms with Crippen LogP contribution in [-0.4, -0.2) is 4.98 Å². The lowest BCUT2D eigenvalue weighted by molar-refractivity contribution is 0.589. The van der Waals surface area contributed by atoms with E-state index in [1.807, 2.05) is 0 Å². The smallest absolute Gasteiger partial charge is 0.0465 e. The Balaban J connectivity index is 1.59. The van der Waals surface area contributed by atoms with Crippen molar-refractivity contribution in [3.63, 3.8) is 0 Å². The quantitative estimate of drug-likeness (QED) is 0.449. The summed E-state index contributed by atoms with van der Waals surface area (Å²) in [4.78, 5) is 3.50. The van der Waals surface area contributed by atoms with E-state index in [4.69, 9.17) is 0 Å². The van der Waals surface area contributed by atoms with Crippen LogP contribution in [0.15, 0.2) is 42.5 Å². The van der Waals surface area contributed by atoms with Gasteiger partial charge in [-0.15, -0.1) is 0 Å². The number of hydrogen-bond acceptors (Lipinski definition) is 0. The lowest BCUT2D eigenvalue weighted by Crippen LogP contribution is -1.86. The fraction of sp³-hybridized carbons (Fsp3) is 0.429. The topological polar surface area (TPSA) is 15.8 Å². The summed E-state index contributed by atoms with van der Waals surface area (Å²) >= 11 is 0. The minimum absolute atomic E-state index is 1.21. The molecule has 0 bridgehead atoms. The van der Waals surface area contributed by atoms with Gasteiger partial charge in [-0.3, -0.25) is 0 Å². The average Bonchev–Trinajstić information content (AvgIpc) is 2.92. The average molecular weight is 293 g/mol. The summed E-state index contributed by atoms with van der Waals surface area (Å²) in [7, 11) is 0. The van der Waals surface area contributed by atoms with E-state index in [9.17, 15) is 0 Å². The van der Waals surface area contributed by atoms with Crippen LogP contribution in [0.4, 0.5) is 0 Å². The van der Waals surface area contributed by atoms with Crippen LogP contribution in [0.1, 0.15) is 57.4 Å². The number of fused-ring (bicyclic) bond motifs is 3. The van der Waals surface area contributed by atoms with Gasteiger partial charge >= 0.3 is 0 Å². The van der Waals surface area contributed by atoms with E-state index in [2.05, 4.69) is 54.4 Å². The van der Waals surface area contributed by atoms with Gasteiger partial charge in [0.2, 0.25) is 0 Å². The molecular weight excluding hydrogens is 266 g/mol. The molecule has 3 rings (SSSR count). The number of H-pyrrole nitrogens is 1. The molecule has 0 aliphatic rings. The highest BCUT2D eigenvalue weighted by molar-refractivity contribution is 6.07. The molecule has 0 atom stereocenters. The van der Waals surface area contributed by atoms with Crippen molar-refractivity contribution >= 4 is 21.8 Å². The number of rotatable bonds is 8. The van der Waals surface area contributed by atoms with E-state index < -0.39 is 0 Å². The molecule has 1 heterocycles. The highest BCUT2D eigenvalue weighted by Crippen LogP contribution is 2.26. The standard InChI is InChI=1S/C21H27N/c1-2-3-4-5-6-7-8-11-17-14-15-21-19(16-17)18-12-9-10-13-20(18)22-21/h9-10,12-16,22H,2-8,11H2,1H3. The van der Waals surface area contributed by atoms with Crippen molar-refractivity contribution in [3.05, 3.63) is 48.0 Å². The lowest BCUT2D eigenvalue weighted by atomic mass is 10.0. The number of hydrogen-bond donors (Lipinski definition) is 1. The molecule has 0 saturated carbocycles. The van der Waals surface area contributed by atoms with Crippen molar-refractivity contribution in [2.24, 2.45) is 0 Å². The van der Waals surface area contributed by atoms with E-state index in [-0.39, 0.29) is 0 Å². The Morgan fingerprint density at radius 1 is 0.727 bits per heavy atom. The molecule has 1 aromatic heterocycles. The number of benzene rings is 2. The minimum atomic E-state index is 1.21. The third kappa shape index (κ3) is 3.52. The van der Waals surface area contributed by atoms with Gasteiger partial charge in [-0.1, -0.05) is 69.7 Å². The zero-order valence-electron chi connectivity index (χ0n) is 13.7. The summed E-state index contributed by atoms with van der Waals surface area (Å²) in [5.41, 5.74) is 3.97. The van der Waals surface area contributed by atoms with Crippen molar-refractivity contribution in [2.75, 3.05) is 0 Å². The molecule has 1 nitrogen and oxygen atoms in total. The molecule has 3 aromatic rings. The first kappa shape index (κ1) is 15.1. The second-order valence-electron chi connectivity index (χ2n) is 6.42. The Labute approximate surface area is 133 Å². The highest BCUT2D eigenvalue weighted by Gasteiger charge is 2.04. The maximum Gasteiger partial charge on any atom is 0.0465 e. The molecule has 0 unspecified atom stereocenters. The minimum Gasteiger partial charge on any atom is -0.355 e. The van der Waals surface area contributed by atoms with Gasteiger partial charge in [-0.25, -0.2) is 0 Å². The molecule has 0 saturated heterocycles. The van der Waals surface area contributed by atoms with Crippen LogP contribution in [0.2, 0.25) is 0 Å². The Kier molecular flexibility index (Phi) is 5.15. The molecular formula is C21H27N. The molecule has 1 N–H and O–H groups in total. The van der Waals surface area contributed by atoms with Crippen molar-refractivity contribution in [3.8, 4) is 0 Å². The zero-order chi connectivity index (χ0) is 15.2. The summed E-state index contributed by atoms with van der Waals surface area (Å²) in [6.45, 7) is 2.28. The first-order chi connectivity index (χ1) is 10.9. The number of aromatic nitrogens is 1. The summed E-state index contributed by atoms with van der Waals surface area (Å²) < 4.78 is 0. The van der Waals surface area contributed by atoms with Crippen LogP contribution in [0.3, 0.4) is 0 Å². The summed E-state index contributed by atoms with van der Waals surface area (Å²) in [5.74, 6) is 0. The molecule has 1 heteroatoms. The number of nitrogens with one attached hydrogen (secondary N) is 1. The van der Waals surface area contributed by atoms with E-state index in [1.165, 1.54) is 78.7 Å². The first-order valence-electron chi connectivity index (χ1n) is 8.88. The van der Waals surface area contributed by atoms with Crippen LogP contribution in [0.25, 0.3) is 21.8 Å². The second kappa shape index (κ2) is 7.49. The van der Waals surface area contributed by atoms with E-state index >= 15 is 0 Å². The van der Waals surface area contributed by atoms with Crippen molar-refractivity contribution in [1.82, 2.24) is 4.98 Å². The lowest BCUT2D eigenvalue weighted by Gasteiger charge is -2.03. The van der Waals surface area contributed by atoms with Crippen LogP contribution in [0, 0.1) is 0 Å². The highest BCUT2D eigenvalue weighted by atomic mass is 14.7. The number of aromatic amines is 1. The predicted molar refractivity (Wildman–Crippen MR) is 97.5 cm³/mol. The number of aryl methyl sites for hydroxylation is 1. The van der Waals surface area contributed by atoms with Crippen molar-refractivity contribution in [1.29, 1.82) is 0 Å². The van der Waals surface area contributed by atoms with E-state index in [0.717, 1.165) is 0 Å². The van der Waals surface area contributed by atoms with Crippen molar-refractivity contribution in [2.45, 2.75) is 58.3 Å². The predicted octanol–water partition coefficient (Wildman–Crippen LogP) is 6.61. The van der Waals surface area contributed by atoms with Gasteiger partial charge in [-0.05, 0) is 36.6 Å². The SMILES string of the molecule is CCCCCCCCCc1ccc2[nH]c3ccccc3c2c1. The largest absolute Gasteiger partial charge is 0.355 e. The van der Waals surface area contributed by atoms with Gasteiger partial charge in [0.25, 0.3) is 0 Å². The van der Waals surface area contributed by atoms with Crippen LogP contribution < -0.4 is 0 Å². The summed E-state index contributed by atoms with van der Waals surface area (Å²) in [6.07, 6.45) is 10.9. The number of unbranched alkanes of at least 4 members (excludes halogenated alkanes) is 6. The molecule has 116 valence electrons. The van der Waals surface area contributed by atoms with Crippen LogP contribution in [0.5, 0.6) is 0 Å². The van der Waals surface area contributed by atoms with Gasteiger partial charge in [0.15, 0.2) is 0 Å². The fourth-order valence-corrected chi connectivity index (χ4v) is 3.34. The third-order valence-electron chi connectivity index (χ3n) is 4.64. The maximum absolute atomic E-state index is 3.50. The normalized spacial score (nSPS) is 11.5. The Morgan fingerprint density at radius 2 is 1.45 bits per heavy atom. The monoisotopic (exact) mass is 293 g/mol. The molecule has 2 aromatic carbocycles. The molecule has 0 amide bonds. The van der Waals surface area contributed by atoms with Gasteiger partial charge < -0.3 is 4.98 Å². The first-order valence-corrected chi connectivity index (χ1v) is 8.88.